The van der Waals surface area contributed by atoms with Crippen LogP contribution in [0.5, 0.6) is 0 Å². The average molecular weight is 436 g/mol. The zero-order valence-corrected chi connectivity index (χ0v) is 19.1. The summed E-state index contributed by atoms with van der Waals surface area (Å²) >= 11 is 0. The molecule has 2 aliphatic heterocycles. The molecule has 0 N–H and O–H groups in total. The van der Waals surface area contributed by atoms with Gasteiger partial charge >= 0.3 is 0 Å². The SMILES string of the molecule is Cc1nc(C2CCN(S(=O)(=O)N(C)C)C2)nc2c1CCC(=O)N2CC1CCCCC1. The molecule has 30 heavy (non-hydrogen) atoms. The molecule has 0 radical (unpaired) electrons. The first kappa shape index (κ1) is 21.6. The molecule has 9 heteroatoms. The third-order valence-corrected chi connectivity index (χ3v) is 8.73. The summed E-state index contributed by atoms with van der Waals surface area (Å²) in [6.45, 7) is 3.58. The Bertz CT molecular complexity index is 911. The van der Waals surface area contributed by atoms with Crippen molar-refractivity contribution < 1.29 is 13.2 Å². The number of amides is 1. The second kappa shape index (κ2) is 8.51. The standard InChI is InChI=1S/C21H33N5O3S/c1-15-18-9-10-19(27)26(13-16-7-5-4-6-8-16)21(18)23-20(22-15)17-11-12-25(14-17)30(28,29)24(2)3/h16-17H,4-14H2,1-3H3. The van der Waals surface area contributed by atoms with E-state index >= 15 is 0 Å². The van der Waals surface area contributed by atoms with Crippen molar-refractivity contribution in [1.82, 2.24) is 18.6 Å². The van der Waals surface area contributed by atoms with Gasteiger partial charge in [-0.2, -0.15) is 17.0 Å². The van der Waals surface area contributed by atoms with Crippen molar-refractivity contribution in [2.24, 2.45) is 5.92 Å². The molecule has 0 spiro atoms. The summed E-state index contributed by atoms with van der Waals surface area (Å²) in [4.78, 5) is 24.3. The lowest BCUT2D eigenvalue weighted by molar-refractivity contribution is -0.119. The van der Waals surface area contributed by atoms with Gasteiger partial charge in [-0.3, -0.25) is 9.69 Å². The molecule has 3 heterocycles. The van der Waals surface area contributed by atoms with Gasteiger partial charge in [0.05, 0.1) is 0 Å². The van der Waals surface area contributed by atoms with Crippen LogP contribution in [0.2, 0.25) is 0 Å². The topological polar surface area (TPSA) is 86.7 Å². The Hall–Kier alpha value is -1.58. The Morgan fingerprint density at radius 2 is 1.80 bits per heavy atom. The minimum Gasteiger partial charge on any atom is -0.296 e. The molecule has 166 valence electrons. The fraction of sp³-hybridized carbons (Fsp3) is 0.762. The molecule has 1 aliphatic carbocycles. The van der Waals surface area contributed by atoms with E-state index in [1.165, 1.54) is 40.7 Å². The maximum atomic E-state index is 12.8. The van der Waals surface area contributed by atoms with E-state index in [0.717, 1.165) is 23.6 Å². The van der Waals surface area contributed by atoms with Crippen molar-refractivity contribution in [2.45, 2.75) is 64.2 Å². The quantitative estimate of drug-likeness (QED) is 0.708. The van der Waals surface area contributed by atoms with Crippen LogP contribution < -0.4 is 4.90 Å². The third-order valence-electron chi connectivity index (χ3n) is 6.82. The fourth-order valence-corrected chi connectivity index (χ4v) is 6.15. The van der Waals surface area contributed by atoms with Crippen LogP contribution in [0.15, 0.2) is 0 Å². The molecule has 1 atom stereocenters. The van der Waals surface area contributed by atoms with Gasteiger partial charge in [-0.15, -0.1) is 0 Å². The number of hydrogen-bond donors (Lipinski definition) is 0. The smallest absolute Gasteiger partial charge is 0.281 e. The molecule has 3 aliphatic rings. The number of hydrogen-bond acceptors (Lipinski definition) is 5. The Kier molecular flexibility index (Phi) is 6.14. The molecular formula is C21H33N5O3S. The predicted molar refractivity (Wildman–Crippen MR) is 116 cm³/mol. The van der Waals surface area contributed by atoms with Gasteiger partial charge in [0, 0.05) is 57.3 Å². The predicted octanol–water partition coefficient (Wildman–Crippen LogP) is 2.24. The van der Waals surface area contributed by atoms with Crippen molar-refractivity contribution in [1.29, 1.82) is 0 Å². The van der Waals surface area contributed by atoms with Gasteiger partial charge in [-0.05, 0) is 38.5 Å². The largest absolute Gasteiger partial charge is 0.296 e. The highest BCUT2D eigenvalue weighted by Crippen LogP contribution is 2.34. The van der Waals surface area contributed by atoms with Crippen LogP contribution >= 0.6 is 0 Å². The average Bonchev–Trinajstić information content (AvgIpc) is 3.22. The molecule has 1 aromatic rings. The van der Waals surface area contributed by atoms with Gasteiger partial charge in [0.15, 0.2) is 0 Å². The highest BCUT2D eigenvalue weighted by atomic mass is 32.2. The molecule has 1 unspecified atom stereocenters. The fourth-order valence-electron chi connectivity index (χ4n) is 4.98. The number of carbonyl (C=O) groups is 1. The lowest BCUT2D eigenvalue weighted by Gasteiger charge is -2.33. The Morgan fingerprint density at radius 3 is 2.50 bits per heavy atom. The van der Waals surface area contributed by atoms with E-state index in [2.05, 4.69) is 0 Å². The van der Waals surface area contributed by atoms with Crippen LogP contribution in [0.1, 0.15) is 67.9 Å². The van der Waals surface area contributed by atoms with Crippen molar-refractivity contribution in [3.05, 3.63) is 17.1 Å². The molecule has 4 rings (SSSR count). The van der Waals surface area contributed by atoms with Crippen LogP contribution in [0.4, 0.5) is 5.82 Å². The van der Waals surface area contributed by atoms with Crippen molar-refractivity contribution in [3.63, 3.8) is 0 Å². The van der Waals surface area contributed by atoms with Crippen LogP contribution in [-0.4, -0.2) is 66.6 Å². The lowest BCUT2D eigenvalue weighted by Crippen LogP contribution is -2.40. The van der Waals surface area contributed by atoms with E-state index in [1.807, 2.05) is 11.8 Å². The second-order valence-electron chi connectivity index (χ2n) is 9.11. The monoisotopic (exact) mass is 435 g/mol. The Morgan fingerprint density at radius 1 is 1.07 bits per heavy atom. The zero-order valence-electron chi connectivity index (χ0n) is 18.3. The van der Waals surface area contributed by atoms with E-state index in [9.17, 15) is 13.2 Å². The molecule has 1 amide bonds. The maximum absolute atomic E-state index is 12.8. The molecule has 1 saturated carbocycles. The van der Waals surface area contributed by atoms with Crippen molar-refractivity contribution in [2.75, 3.05) is 38.6 Å². The molecule has 1 saturated heterocycles. The first-order chi connectivity index (χ1) is 14.3. The minimum atomic E-state index is -3.44. The lowest BCUT2D eigenvalue weighted by atomic mass is 9.88. The highest BCUT2D eigenvalue weighted by molar-refractivity contribution is 7.86. The van der Waals surface area contributed by atoms with Crippen LogP contribution in [0, 0.1) is 12.8 Å². The van der Waals surface area contributed by atoms with Crippen LogP contribution in [-0.2, 0) is 21.4 Å². The molecule has 1 aromatic heterocycles. The van der Waals surface area contributed by atoms with E-state index < -0.39 is 10.2 Å². The second-order valence-corrected chi connectivity index (χ2v) is 11.3. The highest BCUT2D eigenvalue weighted by Gasteiger charge is 2.36. The number of fused-ring (bicyclic) bond motifs is 1. The normalized spacial score (nSPS) is 23.9. The summed E-state index contributed by atoms with van der Waals surface area (Å²) < 4.78 is 27.7. The number of aromatic nitrogens is 2. The summed E-state index contributed by atoms with van der Waals surface area (Å²) in [6.07, 6.45) is 8.03. The number of anilines is 1. The van der Waals surface area contributed by atoms with E-state index in [-0.39, 0.29) is 11.8 Å². The van der Waals surface area contributed by atoms with E-state index in [1.54, 1.807) is 14.1 Å². The summed E-state index contributed by atoms with van der Waals surface area (Å²) in [5.41, 5.74) is 2.00. The molecule has 8 nitrogen and oxygen atoms in total. The number of nitrogens with zero attached hydrogens (tertiary/aromatic N) is 5. The van der Waals surface area contributed by atoms with Gasteiger partial charge in [0.25, 0.3) is 10.2 Å². The summed E-state index contributed by atoms with van der Waals surface area (Å²) in [6, 6.07) is 0. The summed E-state index contributed by atoms with van der Waals surface area (Å²) in [5.74, 6) is 2.09. The molecule has 0 aromatic carbocycles. The number of aryl methyl sites for hydroxylation is 1. The molecule has 0 bridgehead atoms. The maximum Gasteiger partial charge on any atom is 0.281 e. The van der Waals surface area contributed by atoms with Gasteiger partial charge in [0.1, 0.15) is 11.6 Å². The third kappa shape index (κ3) is 4.11. The molecular weight excluding hydrogens is 402 g/mol. The minimum absolute atomic E-state index is 0.0442. The molecule has 2 fully saturated rings. The van der Waals surface area contributed by atoms with Gasteiger partial charge in [-0.1, -0.05) is 19.3 Å². The summed E-state index contributed by atoms with van der Waals surface area (Å²) in [7, 11) is -0.332. The van der Waals surface area contributed by atoms with Gasteiger partial charge < -0.3 is 0 Å². The van der Waals surface area contributed by atoms with E-state index in [0.29, 0.717) is 44.1 Å². The number of carbonyl (C=O) groups excluding carboxylic acids is 1. The van der Waals surface area contributed by atoms with Crippen LogP contribution in [0.3, 0.4) is 0 Å². The number of rotatable bonds is 5. The van der Waals surface area contributed by atoms with Gasteiger partial charge in [0.2, 0.25) is 5.91 Å². The first-order valence-corrected chi connectivity index (χ1v) is 12.5. The van der Waals surface area contributed by atoms with Gasteiger partial charge in [-0.25, -0.2) is 9.97 Å². The van der Waals surface area contributed by atoms with Crippen molar-refractivity contribution in [3.8, 4) is 0 Å². The summed E-state index contributed by atoms with van der Waals surface area (Å²) in [5, 5.41) is 0. The Balaban J connectivity index is 1.60. The van der Waals surface area contributed by atoms with Crippen molar-refractivity contribution >= 4 is 21.9 Å². The van der Waals surface area contributed by atoms with Crippen LogP contribution in [0.25, 0.3) is 0 Å². The Labute approximate surface area is 179 Å². The zero-order chi connectivity index (χ0) is 21.5. The van der Waals surface area contributed by atoms with E-state index in [4.69, 9.17) is 9.97 Å². The first-order valence-electron chi connectivity index (χ1n) is 11.1.